The van der Waals surface area contributed by atoms with Crippen molar-refractivity contribution in [2.75, 3.05) is 13.2 Å². The molecular weight excluding hydrogens is 568 g/mol. The van der Waals surface area contributed by atoms with Gasteiger partial charge >= 0.3 is 6.16 Å². The number of nitrogens with two attached hydrogens (primary N) is 2. The van der Waals surface area contributed by atoms with Gasteiger partial charge in [-0.2, -0.15) is 5.12 Å². The Kier molecular flexibility index (Phi) is 14.9. The maximum absolute atomic E-state index is 13.0. The zero-order chi connectivity index (χ0) is 32.6. The highest BCUT2D eigenvalue weighted by molar-refractivity contribution is 6.03. The van der Waals surface area contributed by atoms with Crippen LogP contribution in [0.25, 0.3) is 11.1 Å². The lowest BCUT2D eigenvalue weighted by Gasteiger charge is -2.32. The van der Waals surface area contributed by atoms with Crippen molar-refractivity contribution in [3.8, 4) is 11.1 Å². The molecule has 2 rings (SSSR count). The Morgan fingerprint density at radius 3 is 2.30 bits per heavy atom. The molecule has 1 amide bonds. The van der Waals surface area contributed by atoms with Crippen molar-refractivity contribution in [3.05, 3.63) is 69.8 Å². The van der Waals surface area contributed by atoms with E-state index in [-0.39, 0.29) is 31.0 Å². The fraction of sp³-hybridized carbons (Fsp3) is 0.516. The number of hydrogen-bond acceptors (Lipinski definition) is 10. The minimum Gasteiger partial charge on any atom is -0.434 e. The SMILES string of the molecule is CCCCC(=O)N(Cc1ccc(-c2ccccc2/C(N)=N/N(N)C(C)OC(=O)OCCCCO[N+](=O)[O-])cc1)C(C)C(C)C. The largest absolute Gasteiger partial charge is 0.510 e. The molecule has 44 heavy (non-hydrogen) atoms. The van der Waals surface area contributed by atoms with Crippen LogP contribution in [0.1, 0.15) is 77.8 Å². The van der Waals surface area contributed by atoms with Gasteiger partial charge in [0.05, 0.1) is 13.2 Å². The van der Waals surface area contributed by atoms with Crippen molar-refractivity contribution >= 4 is 17.9 Å². The number of rotatable bonds is 18. The molecule has 2 atom stereocenters. The fourth-order valence-electron chi connectivity index (χ4n) is 4.22. The van der Waals surface area contributed by atoms with Crippen LogP contribution in [-0.4, -0.2) is 58.5 Å². The Labute approximate surface area is 259 Å². The van der Waals surface area contributed by atoms with Gasteiger partial charge in [-0.05, 0) is 55.7 Å². The lowest BCUT2D eigenvalue weighted by atomic mass is 9.97. The van der Waals surface area contributed by atoms with Gasteiger partial charge in [-0.25, -0.2) is 10.6 Å². The summed E-state index contributed by atoms with van der Waals surface area (Å²) in [5, 5.41) is 14.4. The maximum atomic E-state index is 13.0. The number of hydrazone groups is 1. The zero-order valence-corrected chi connectivity index (χ0v) is 26.3. The van der Waals surface area contributed by atoms with Crippen molar-refractivity contribution in [1.29, 1.82) is 0 Å². The number of carbonyl (C=O) groups is 2. The summed E-state index contributed by atoms with van der Waals surface area (Å²) in [5.74, 6) is 6.62. The Bertz CT molecular complexity index is 1240. The number of benzene rings is 2. The van der Waals surface area contributed by atoms with E-state index in [1.54, 1.807) is 0 Å². The fourth-order valence-corrected chi connectivity index (χ4v) is 4.22. The van der Waals surface area contributed by atoms with Crippen LogP contribution in [0.15, 0.2) is 53.6 Å². The molecule has 0 saturated heterocycles. The molecule has 0 fully saturated rings. The normalized spacial score (nSPS) is 12.8. The zero-order valence-electron chi connectivity index (χ0n) is 26.3. The third-order valence-electron chi connectivity index (χ3n) is 7.16. The molecule has 0 saturated carbocycles. The number of hydrogen-bond donors (Lipinski definition) is 2. The van der Waals surface area contributed by atoms with Crippen LogP contribution in [-0.2, 0) is 25.7 Å². The molecule has 242 valence electrons. The van der Waals surface area contributed by atoms with E-state index in [4.69, 9.17) is 21.1 Å². The number of ether oxygens (including phenoxy) is 2. The first kappa shape index (κ1) is 35.8. The standard InChI is InChI=1S/C31H46N6O7/c1-6-7-14-29(38)35(23(4)22(2)3)21-25-15-17-26(18-16-25)27-12-8-9-13-28(27)30(32)34-36(33)24(5)44-31(39)42-19-10-11-20-43-37(40)41/h8-9,12-13,15-18,22-24H,6-7,10-11,14,19-21,33H2,1-5H3,(H2,32,34). The molecule has 0 aliphatic rings. The van der Waals surface area contributed by atoms with Gasteiger partial charge in [-0.3, -0.25) is 4.79 Å². The molecule has 13 nitrogen and oxygen atoms in total. The minimum absolute atomic E-state index is 0.00127. The molecular formula is C31H46N6O7. The van der Waals surface area contributed by atoms with Gasteiger partial charge in [0, 0.05) is 24.6 Å². The molecule has 13 heteroatoms. The first-order valence-electron chi connectivity index (χ1n) is 14.9. The van der Waals surface area contributed by atoms with Crippen molar-refractivity contribution in [2.24, 2.45) is 22.6 Å². The minimum atomic E-state index is -0.999. The summed E-state index contributed by atoms with van der Waals surface area (Å²) in [6, 6.07) is 15.6. The molecule has 0 bridgehead atoms. The molecule has 0 aliphatic carbocycles. The highest BCUT2D eigenvalue weighted by Crippen LogP contribution is 2.25. The average molecular weight is 615 g/mol. The summed E-state index contributed by atoms with van der Waals surface area (Å²) in [6.07, 6.45) is 1.13. The van der Waals surface area contributed by atoms with E-state index in [0.717, 1.165) is 34.6 Å². The number of amidine groups is 1. The molecule has 0 aliphatic heterocycles. The number of carbonyl (C=O) groups excluding carboxylic acids is 2. The molecule has 0 radical (unpaired) electrons. The van der Waals surface area contributed by atoms with Gasteiger partial charge in [-0.15, -0.1) is 15.2 Å². The van der Waals surface area contributed by atoms with Gasteiger partial charge in [0.15, 0.2) is 5.84 Å². The van der Waals surface area contributed by atoms with Crippen LogP contribution in [0.2, 0.25) is 0 Å². The lowest BCUT2D eigenvalue weighted by molar-refractivity contribution is -0.757. The summed E-state index contributed by atoms with van der Waals surface area (Å²) >= 11 is 0. The predicted octanol–water partition coefficient (Wildman–Crippen LogP) is 5.20. The van der Waals surface area contributed by atoms with Gasteiger partial charge < -0.3 is 24.9 Å². The summed E-state index contributed by atoms with van der Waals surface area (Å²) < 4.78 is 10.1. The van der Waals surface area contributed by atoms with Crippen molar-refractivity contribution in [2.45, 2.75) is 85.5 Å². The van der Waals surface area contributed by atoms with Crippen molar-refractivity contribution in [1.82, 2.24) is 10.0 Å². The lowest BCUT2D eigenvalue weighted by Crippen LogP contribution is -2.40. The van der Waals surface area contributed by atoms with E-state index in [2.05, 4.69) is 37.6 Å². The Morgan fingerprint density at radius 1 is 1.00 bits per heavy atom. The molecule has 0 aromatic heterocycles. The van der Waals surface area contributed by atoms with Gasteiger partial charge in [0.25, 0.3) is 5.09 Å². The van der Waals surface area contributed by atoms with Crippen LogP contribution >= 0.6 is 0 Å². The number of amides is 1. The molecule has 0 spiro atoms. The molecule has 2 unspecified atom stereocenters. The monoisotopic (exact) mass is 614 g/mol. The molecule has 0 heterocycles. The second-order valence-electron chi connectivity index (χ2n) is 10.8. The third kappa shape index (κ3) is 11.7. The van der Waals surface area contributed by atoms with Crippen molar-refractivity contribution in [3.63, 3.8) is 0 Å². The summed E-state index contributed by atoms with van der Waals surface area (Å²) in [5.41, 5.74) is 9.73. The summed E-state index contributed by atoms with van der Waals surface area (Å²) in [7, 11) is 0. The molecule has 2 aromatic carbocycles. The van der Waals surface area contributed by atoms with Gasteiger partial charge in [0.2, 0.25) is 12.1 Å². The van der Waals surface area contributed by atoms with Crippen molar-refractivity contribution < 1.29 is 29.0 Å². The number of hydrazine groups is 1. The second kappa shape index (κ2) is 18.3. The summed E-state index contributed by atoms with van der Waals surface area (Å²) in [4.78, 5) is 41.3. The van der Waals surface area contributed by atoms with Crippen LogP contribution in [0.5, 0.6) is 0 Å². The smallest absolute Gasteiger partial charge is 0.434 e. The van der Waals surface area contributed by atoms with Crippen LogP contribution in [0.3, 0.4) is 0 Å². The van der Waals surface area contributed by atoms with E-state index in [1.165, 1.54) is 6.92 Å². The van der Waals surface area contributed by atoms with Gasteiger partial charge in [-0.1, -0.05) is 75.7 Å². The first-order chi connectivity index (χ1) is 20.9. The first-order valence-corrected chi connectivity index (χ1v) is 14.9. The van der Waals surface area contributed by atoms with E-state index in [9.17, 15) is 19.7 Å². The predicted molar refractivity (Wildman–Crippen MR) is 167 cm³/mol. The molecule has 2 aromatic rings. The number of unbranched alkanes of at least 4 members (excludes halogenated alkanes) is 2. The van der Waals surface area contributed by atoms with E-state index < -0.39 is 17.5 Å². The topological polar surface area (TPSA) is 176 Å². The van der Waals surface area contributed by atoms with Gasteiger partial charge in [0.1, 0.15) is 0 Å². The Morgan fingerprint density at radius 2 is 1.66 bits per heavy atom. The quantitative estimate of drug-likeness (QED) is 0.0332. The van der Waals surface area contributed by atoms with Crippen LogP contribution in [0.4, 0.5) is 4.79 Å². The maximum Gasteiger partial charge on any atom is 0.510 e. The van der Waals surface area contributed by atoms with Crippen LogP contribution in [0, 0.1) is 16.0 Å². The van der Waals surface area contributed by atoms with Crippen LogP contribution < -0.4 is 11.6 Å². The van der Waals surface area contributed by atoms with E-state index in [0.29, 0.717) is 37.3 Å². The Hall–Kier alpha value is -4.39. The number of nitrogens with zero attached hydrogens (tertiary/aromatic N) is 4. The second-order valence-corrected chi connectivity index (χ2v) is 10.8. The highest BCUT2D eigenvalue weighted by Gasteiger charge is 2.22. The highest BCUT2D eigenvalue weighted by atomic mass is 16.9. The third-order valence-corrected chi connectivity index (χ3v) is 7.16. The van der Waals surface area contributed by atoms with E-state index >= 15 is 0 Å². The molecule has 4 N–H and O–H groups in total. The average Bonchev–Trinajstić information content (AvgIpc) is 3.00. The summed E-state index contributed by atoms with van der Waals surface area (Å²) in [6.45, 7) is 10.4. The Balaban J connectivity index is 2.08. The van der Waals surface area contributed by atoms with E-state index in [1.807, 2.05) is 53.4 Å².